The van der Waals surface area contributed by atoms with E-state index in [2.05, 4.69) is 73.3 Å². The predicted octanol–water partition coefficient (Wildman–Crippen LogP) is 8.47. The number of carbonyl (C=O) groups excluding carboxylic acids is 4. The van der Waals surface area contributed by atoms with E-state index in [0.29, 0.717) is 44.4 Å². The van der Waals surface area contributed by atoms with Crippen LogP contribution in [0.4, 0.5) is 0 Å². The van der Waals surface area contributed by atoms with Gasteiger partial charge in [0.1, 0.15) is 23.2 Å². The van der Waals surface area contributed by atoms with Gasteiger partial charge in [0.25, 0.3) is 0 Å². The highest BCUT2D eigenvalue weighted by Gasteiger charge is 2.44. The van der Waals surface area contributed by atoms with Gasteiger partial charge in [-0.25, -0.2) is 9.97 Å². The van der Waals surface area contributed by atoms with Crippen LogP contribution in [0.2, 0.25) is 0 Å². The Balaban J connectivity index is 0.701. The molecule has 5 heterocycles. The topological polar surface area (TPSA) is 202 Å². The van der Waals surface area contributed by atoms with Gasteiger partial charge in [-0.2, -0.15) is 0 Å². The Morgan fingerprint density at radius 3 is 2.20 bits per heavy atom. The molecule has 5 N–H and O–H groups in total. The Morgan fingerprint density at radius 2 is 1.52 bits per heavy atom. The van der Waals surface area contributed by atoms with Crippen molar-refractivity contribution in [2.24, 2.45) is 5.41 Å². The van der Waals surface area contributed by atoms with Crippen LogP contribution in [0.1, 0.15) is 107 Å². The Labute approximate surface area is 490 Å². The molecule has 16 nitrogen and oxygen atoms in total. The molecule has 2 aliphatic heterocycles. The van der Waals surface area contributed by atoms with E-state index in [-0.39, 0.29) is 56.3 Å². The van der Waals surface area contributed by atoms with Gasteiger partial charge in [0.05, 0.1) is 45.7 Å². The van der Waals surface area contributed by atoms with Crippen molar-refractivity contribution < 1.29 is 29.4 Å². The quantitative estimate of drug-likeness (QED) is 0.0438. The van der Waals surface area contributed by atoms with Crippen molar-refractivity contribution in [2.75, 3.05) is 39.3 Å². The molecule has 3 aromatic heterocycles. The zero-order valence-electron chi connectivity index (χ0n) is 48.0. The van der Waals surface area contributed by atoms with Gasteiger partial charge in [-0.05, 0) is 90.9 Å². The molecule has 7 aromatic rings. The summed E-state index contributed by atoms with van der Waals surface area (Å²) in [4.78, 5) is 70.7. The number of carbonyl (C=O) groups is 4. The van der Waals surface area contributed by atoms with Crippen LogP contribution < -0.4 is 16.1 Å². The van der Waals surface area contributed by atoms with Gasteiger partial charge in [-0.1, -0.05) is 130 Å². The monoisotopic (exact) mass is 1140 g/mol. The smallest absolute Gasteiger partial charge is 0.246 e. The van der Waals surface area contributed by atoms with Crippen LogP contribution in [0, 0.1) is 29.6 Å². The van der Waals surface area contributed by atoms with Crippen molar-refractivity contribution in [3.8, 4) is 44.7 Å². The first-order chi connectivity index (χ1) is 40.1. The molecule has 3 atom stereocenters. The fourth-order valence-corrected chi connectivity index (χ4v) is 12.7. The number of thiazole rings is 1. The molecular formula is C66H76N10O6S. The van der Waals surface area contributed by atoms with E-state index in [0.717, 1.165) is 105 Å². The van der Waals surface area contributed by atoms with Crippen LogP contribution in [0.25, 0.3) is 43.9 Å². The van der Waals surface area contributed by atoms with E-state index in [9.17, 15) is 34.8 Å². The summed E-state index contributed by atoms with van der Waals surface area (Å²) in [6.07, 6.45) is 5.27. The number of β-amino-alcohol motifs (C(OH)–C–C–N with tert-alkyl or cyclic N) is 1. The van der Waals surface area contributed by atoms with E-state index >= 15 is 0 Å². The van der Waals surface area contributed by atoms with Crippen molar-refractivity contribution in [3.63, 3.8) is 0 Å². The highest BCUT2D eigenvalue weighted by molar-refractivity contribution is 7.13. The van der Waals surface area contributed by atoms with Crippen LogP contribution in [-0.2, 0) is 32.3 Å². The van der Waals surface area contributed by atoms with Gasteiger partial charge < -0.3 is 39.8 Å². The van der Waals surface area contributed by atoms with Crippen molar-refractivity contribution in [1.82, 2.24) is 44.4 Å². The maximum atomic E-state index is 14.2. The number of likely N-dealkylation sites (tertiary alicyclic amines) is 1. The minimum absolute atomic E-state index is 0.00723. The first-order valence-corrected chi connectivity index (χ1v) is 30.1. The Bertz CT molecular complexity index is 3550. The van der Waals surface area contributed by atoms with E-state index < -0.39 is 35.4 Å². The zero-order valence-corrected chi connectivity index (χ0v) is 48.8. The average molecular weight is 1140 g/mol. The normalized spacial score (nSPS) is 18.8. The van der Waals surface area contributed by atoms with Crippen LogP contribution >= 0.6 is 11.3 Å². The van der Waals surface area contributed by atoms with Crippen molar-refractivity contribution in [3.05, 3.63) is 149 Å². The number of amides is 4. The molecule has 10 rings (SSSR count). The van der Waals surface area contributed by atoms with E-state index in [1.165, 1.54) is 4.90 Å². The SMILES string of the molecule is Cc1ncsc1-c1ccc(CNC(=O)[C@@H]2C[C@@H](O)CN2C(=O)[C@@H](NC(=O)CCC(=O)N2CCN(CCCC#Cc3cccc(Cn4c(-c5ccccc5)c(-c5ccccc5)c5c(=N)n(C6CCC(O)CC6)cnc54)c3)CC2)C(C)(C)C)cc1. The molecule has 83 heavy (non-hydrogen) atoms. The number of nitrogens with zero attached hydrogens (tertiary/aromatic N) is 7. The number of aromatic nitrogens is 4. The number of fused-ring (bicyclic) bond motifs is 1. The number of aliphatic hydroxyl groups excluding tert-OH is 2. The molecule has 0 bridgehead atoms. The molecule has 432 valence electrons. The van der Waals surface area contributed by atoms with Crippen molar-refractivity contribution >= 4 is 46.0 Å². The third kappa shape index (κ3) is 13.9. The highest BCUT2D eigenvalue weighted by atomic mass is 32.1. The summed E-state index contributed by atoms with van der Waals surface area (Å²) in [5.74, 6) is 5.45. The molecule has 1 saturated carbocycles. The van der Waals surface area contributed by atoms with Gasteiger partial charge in [0.15, 0.2) is 0 Å². The number of unbranched alkanes of at least 4 members (excludes halogenated alkanes) is 1. The number of aliphatic hydroxyl groups is 2. The van der Waals surface area contributed by atoms with E-state index in [1.807, 2.05) is 117 Å². The second-order valence-electron chi connectivity index (χ2n) is 23.5. The van der Waals surface area contributed by atoms with Crippen LogP contribution in [0.15, 0.2) is 121 Å². The summed E-state index contributed by atoms with van der Waals surface area (Å²) < 4.78 is 4.26. The molecule has 3 aliphatic rings. The molecule has 0 unspecified atom stereocenters. The van der Waals surface area contributed by atoms with Crippen LogP contribution in [0.5, 0.6) is 0 Å². The number of nitrogens with one attached hydrogen (secondary N) is 3. The summed E-state index contributed by atoms with van der Waals surface area (Å²) in [5.41, 5.74) is 11.2. The summed E-state index contributed by atoms with van der Waals surface area (Å²) >= 11 is 1.57. The molecular weight excluding hydrogens is 1060 g/mol. The number of benzene rings is 4. The van der Waals surface area contributed by atoms with Gasteiger partial charge in [0, 0.05) is 88.7 Å². The maximum Gasteiger partial charge on any atom is 0.246 e. The highest BCUT2D eigenvalue weighted by Crippen LogP contribution is 2.40. The Kier molecular flexibility index (Phi) is 18.5. The number of aryl methyl sites for hydroxylation is 1. The van der Waals surface area contributed by atoms with Crippen molar-refractivity contribution in [2.45, 2.75) is 129 Å². The summed E-state index contributed by atoms with van der Waals surface area (Å²) in [6.45, 7) is 11.6. The second-order valence-corrected chi connectivity index (χ2v) is 24.3. The molecule has 17 heteroatoms. The van der Waals surface area contributed by atoms with Crippen LogP contribution in [-0.4, -0.2) is 131 Å². The molecule has 1 aliphatic carbocycles. The van der Waals surface area contributed by atoms with Gasteiger partial charge in [-0.15, -0.1) is 11.3 Å². The summed E-state index contributed by atoms with van der Waals surface area (Å²) in [6, 6.07) is 35.1. The summed E-state index contributed by atoms with van der Waals surface area (Å²) in [5, 5.41) is 37.3. The molecule has 2 saturated heterocycles. The lowest BCUT2D eigenvalue weighted by molar-refractivity contribution is -0.144. The number of rotatable bonds is 17. The fraction of sp³-hybridized carbons (Fsp3) is 0.409. The minimum Gasteiger partial charge on any atom is -0.393 e. The lowest BCUT2D eigenvalue weighted by atomic mass is 9.85. The minimum atomic E-state index is -0.986. The number of hydrogen-bond acceptors (Lipinski definition) is 11. The second kappa shape index (κ2) is 26.2. The predicted molar refractivity (Wildman–Crippen MR) is 324 cm³/mol. The van der Waals surface area contributed by atoms with E-state index in [1.54, 1.807) is 16.2 Å². The standard InChI is InChI=1S/C66H76N10O6S/c1-44-60(83-43-70-44)50-24-22-46(23-25-50)39-68-64(81)54-38-53(78)41-74(54)65(82)61(66(2,3)4)71-55(79)30-31-56(80)73-35-33-72(34-36-73)32-13-7-8-15-45-16-14-17-47(37-45)40-75-59(49-20-11-6-12-21-49)57(48-18-9-5-10-19-48)58-62(67)76(42-69-63(58)75)51-26-28-52(77)29-27-51/h5-6,9-12,14,16-25,37,42-43,51-54,61,67,77-78H,7,13,26-36,38-41H2,1-4H3,(H,68,81)(H,71,79)/t51?,52?,53-,54+,61-/m1/s1. The van der Waals surface area contributed by atoms with Crippen LogP contribution in [0.3, 0.4) is 0 Å². The molecule has 0 radical (unpaired) electrons. The molecule has 4 amide bonds. The molecule has 0 spiro atoms. The zero-order chi connectivity index (χ0) is 58.2. The average Bonchev–Trinajstić information content (AvgIpc) is 2.67. The molecule has 4 aromatic carbocycles. The maximum absolute atomic E-state index is 14.2. The third-order valence-corrected chi connectivity index (χ3v) is 17.5. The largest absolute Gasteiger partial charge is 0.393 e. The first kappa shape index (κ1) is 58.4. The van der Waals surface area contributed by atoms with Gasteiger partial charge >= 0.3 is 0 Å². The first-order valence-electron chi connectivity index (χ1n) is 29.2. The van der Waals surface area contributed by atoms with Gasteiger partial charge in [-0.3, -0.25) is 29.5 Å². The Morgan fingerprint density at radius 1 is 0.807 bits per heavy atom. The lowest BCUT2D eigenvalue weighted by Gasteiger charge is -2.36. The van der Waals surface area contributed by atoms with Gasteiger partial charge in [0.2, 0.25) is 23.6 Å². The Hall–Kier alpha value is -7.75. The third-order valence-electron chi connectivity index (χ3n) is 16.5. The summed E-state index contributed by atoms with van der Waals surface area (Å²) in [7, 11) is 0. The fourth-order valence-electron chi connectivity index (χ4n) is 11.9. The molecule has 3 fully saturated rings. The van der Waals surface area contributed by atoms with Crippen molar-refractivity contribution in [1.29, 1.82) is 5.41 Å². The number of piperazine rings is 1. The lowest BCUT2D eigenvalue weighted by Crippen LogP contribution is -2.57. The number of hydrogen-bond donors (Lipinski definition) is 5. The van der Waals surface area contributed by atoms with E-state index in [4.69, 9.17) is 4.98 Å².